The molecule has 1 saturated carbocycles. The van der Waals surface area contributed by atoms with E-state index in [1.165, 1.54) is 25.7 Å². The van der Waals surface area contributed by atoms with Crippen molar-refractivity contribution in [3.8, 4) is 0 Å². The number of rotatable bonds is 2. The molecule has 0 spiro atoms. The Labute approximate surface area is 96.0 Å². The maximum atomic E-state index is 5.43. The highest BCUT2D eigenvalue weighted by Gasteiger charge is 2.28. The van der Waals surface area contributed by atoms with E-state index in [1.54, 1.807) is 0 Å². The third-order valence-electron chi connectivity index (χ3n) is 3.17. The van der Waals surface area contributed by atoms with E-state index in [0.29, 0.717) is 0 Å². The second-order valence-corrected chi connectivity index (χ2v) is 5.65. The van der Waals surface area contributed by atoms with Gasteiger partial charge in [-0.3, -0.25) is 4.90 Å². The lowest BCUT2D eigenvalue weighted by atomic mass is 10.2. The van der Waals surface area contributed by atoms with Crippen molar-refractivity contribution >= 4 is 28.3 Å². The molecule has 1 aliphatic carbocycles. The molecule has 0 bridgehead atoms. The average Bonchev–Trinajstić information content (AvgIpc) is 2.71. The summed E-state index contributed by atoms with van der Waals surface area (Å²) >= 11 is 7.26. The first kappa shape index (κ1) is 10.7. The Morgan fingerprint density at radius 1 is 1.43 bits per heavy atom. The summed E-state index contributed by atoms with van der Waals surface area (Å²) in [6, 6.07) is 0.740. The summed E-state index contributed by atoms with van der Waals surface area (Å²) in [5, 5.41) is 0. The smallest absolute Gasteiger partial charge is 0.138 e. The molecular weight excluding hydrogens is 212 g/mol. The maximum Gasteiger partial charge on any atom is 0.138 e. The highest BCUT2D eigenvalue weighted by molar-refractivity contribution is 8.22. The topological polar surface area (TPSA) is 6.48 Å². The van der Waals surface area contributed by atoms with Gasteiger partial charge in [-0.1, -0.05) is 43.7 Å². The molecule has 0 radical (unpaired) electrons. The number of thioether (sulfide) groups is 1. The first-order valence-electron chi connectivity index (χ1n) is 5.47. The van der Waals surface area contributed by atoms with Crippen molar-refractivity contribution in [1.29, 1.82) is 0 Å². The van der Waals surface area contributed by atoms with Crippen molar-refractivity contribution in [1.82, 2.24) is 9.80 Å². The predicted octanol–water partition coefficient (Wildman–Crippen LogP) is 2.50. The van der Waals surface area contributed by atoms with E-state index in [0.717, 1.165) is 29.5 Å². The summed E-state index contributed by atoms with van der Waals surface area (Å²) in [6.07, 6.45) is 5.47. The molecular formula is C10H18N2S2. The van der Waals surface area contributed by atoms with Crippen LogP contribution in [-0.4, -0.2) is 39.3 Å². The van der Waals surface area contributed by atoms with Gasteiger partial charge >= 0.3 is 0 Å². The van der Waals surface area contributed by atoms with Crippen LogP contribution in [0.25, 0.3) is 0 Å². The van der Waals surface area contributed by atoms with Crippen LogP contribution in [0.15, 0.2) is 0 Å². The molecule has 80 valence electrons. The third kappa shape index (κ3) is 2.23. The molecule has 4 heteroatoms. The molecule has 0 aromatic rings. The molecule has 2 fully saturated rings. The normalized spacial score (nSPS) is 26.1. The molecule has 2 nitrogen and oxygen atoms in total. The largest absolute Gasteiger partial charge is 0.341 e. The first-order chi connectivity index (χ1) is 6.81. The summed E-state index contributed by atoms with van der Waals surface area (Å²) in [6.45, 7) is 4.42. The van der Waals surface area contributed by atoms with Gasteiger partial charge in [-0.25, -0.2) is 0 Å². The van der Waals surface area contributed by atoms with E-state index >= 15 is 0 Å². The highest BCUT2D eigenvalue weighted by Crippen LogP contribution is 2.29. The molecule has 0 amide bonds. The lowest BCUT2D eigenvalue weighted by Gasteiger charge is -2.39. The Kier molecular flexibility index (Phi) is 3.68. The van der Waals surface area contributed by atoms with Gasteiger partial charge in [-0.15, -0.1) is 0 Å². The number of hydrogen-bond acceptors (Lipinski definition) is 3. The van der Waals surface area contributed by atoms with Gasteiger partial charge in [0.05, 0.1) is 12.5 Å². The van der Waals surface area contributed by atoms with Crippen molar-refractivity contribution in [3.63, 3.8) is 0 Å². The molecule has 0 N–H and O–H groups in total. The fraction of sp³-hybridized carbons (Fsp3) is 0.900. The van der Waals surface area contributed by atoms with Gasteiger partial charge in [0.1, 0.15) is 4.32 Å². The van der Waals surface area contributed by atoms with Crippen LogP contribution in [0.2, 0.25) is 0 Å². The molecule has 1 aliphatic heterocycles. The summed E-state index contributed by atoms with van der Waals surface area (Å²) in [5.74, 6) is 1.08. The summed E-state index contributed by atoms with van der Waals surface area (Å²) < 4.78 is 1.13. The molecule has 14 heavy (non-hydrogen) atoms. The van der Waals surface area contributed by atoms with E-state index in [-0.39, 0.29) is 0 Å². The van der Waals surface area contributed by atoms with Gasteiger partial charge in [0, 0.05) is 6.04 Å². The zero-order chi connectivity index (χ0) is 9.97. The van der Waals surface area contributed by atoms with Gasteiger partial charge in [0.25, 0.3) is 0 Å². The quantitative estimate of drug-likeness (QED) is 0.672. The summed E-state index contributed by atoms with van der Waals surface area (Å²) in [4.78, 5) is 4.90. The zero-order valence-electron chi connectivity index (χ0n) is 8.74. The Hall–Kier alpha value is 0.200. The van der Waals surface area contributed by atoms with Crippen molar-refractivity contribution in [2.75, 3.05) is 19.1 Å². The predicted molar refractivity (Wildman–Crippen MR) is 66.4 cm³/mol. The van der Waals surface area contributed by atoms with Gasteiger partial charge in [0.2, 0.25) is 0 Å². The Bertz CT molecular complexity index is 214. The minimum Gasteiger partial charge on any atom is -0.341 e. The summed E-state index contributed by atoms with van der Waals surface area (Å²) in [7, 11) is 0. The second kappa shape index (κ2) is 4.81. The van der Waals surface area contributed by atoms with Crippen molar-refractivity contribution in [2.45, 2.75) is 38.6 Å². The number of thiocarbonyl (C=S) groups is 1. The van der Waals surface area contributed by atoms with Crippen LogP contribution in [0.5, 0.6) is 0 Å². The number of hydrogen-bond donors (Lipinski definition) is 0. The first-order valence-corrected chi connectivity index (χ1v) is 6.86. The molecule has 2 aliphatic rings. The van der Waals surface area contributed by atoms with Crippen LogP contribution in [0.1, 0.15) is 32.6 Å². The fourth-order valence-electron chi connectivity index (χ4n) is 2.22. The van der Waals surface area contributed by atoms with E-state index in [1.807, 2.05) is 11.8 Å². The van der Waals surface area contributed by atoms with Crippen molar-refractivity contribution in [2.24, 2.45) is 0 Å². The molecule has 0 atom stereocenters. The fourth-order valence-corrected chi connectivity index (χ4v) is 3.51. The maximum absolute atomic E-state index is 5.43. The van der Waals surface area contributed by atoms with E-state index in [4.69, 9.17) is 12.2 Å². The second-order valence-electron chi connectivity index (χ2n) is 4.08. The lowest BCUT2D eigenvalue weighted by molar-refractivity contribution is 0.182. The van der Waals surface area contributed by atoms with Crippen LogP contribution in [0.4, 0.5) is 0 Å². The van der Waals surface area contributed by atoms with Crippen LogP contribution in [0.3, 0.4) is 0 Å². The van der Waals surface area contributed by atoms with Crippen LogP contribution < -0.4 is 0 Å². The van der Waals surface area contributed by atoms with E-state index < -0.39 is 0 Å². The minimum absolute atomic E-state index is 0.740. The standard InChI is InChI=1S/C10H18N2S2/c1-2-11-7-12(10(13)14-8-11)9-5-3-4-6-9/h9H,2-8H2,1H3. The molecule has 1 heterocycles. The monoisotopic (exact) mass is 230 g/mol. The Balaban J connectivity index is 1.96. The zero-order valence-corrected chi connectivity index (χ0v) is 10.4. The minimum atomic E-state index is 0.740. The molecule has 0 aromatic heterocycles. The summed E-state index contributed by atoms with van der Waals surface area (Å²) in [5.41, 5.74) is 0. The van der Waals surface area contributed by atoms with Crippen LogP contribution >= 0.6 is 24.0 Å². The molecule has 0 aromatic carbocycles. The van der Waals surface area contributed by atoms with Gasteiger partial charge in [0.15, 0.2) is 0 Å². The Morgan fingerprint density at radius 2 is 2.14 bits per heavy atom. The van der Waals surface area contributed by atoms with E-state index in [9.17, 15) is 0 Å². The van der Waals surface area contributed by atoms with Crippen molar-refractivity contribution in [3.05, 3.63) is 0 Å². The highest BCUT2D eigenvalue weighted by atomic mass is 32.2. The van der Waals surface area contributed by atoms with E-state index in [2.05, 4.69) is 16.7 Å². The van der Waals surface area contributed by atoms with Gasteiger partial charge in [-0.2, -0.15) is 0 Å². The van der Waals surface area contributed by atoms with Gasteiger partial charge < -0.3 is 4.90 Å². The average molecular weight is 230 g/mol. The van der Waals surface area contributed by atoms with Crippen molar-refractivity contribution < 1.29 is 0 Å². The van der Waals surface area contributed by atoms with Gasteiger partial charge in [-0.05, 0) is 19.4 Å². The third-order valence-corrected chi connectivity index (χ3v) is 4.73. The number of nitrogens with zero attached hydrogens (tertiary/aromatic N) is 2. The SMILES string of the molecule is CCN1CSC(=S)N(C2CCCC2)C1. The van der Waals surface area contributed by atoms with Crippen LogP contribution in [0, 0.1) is 0 Å². The lowest BCUT2D eigenvalue weighted by Crippen LogP contribution is -2.48. The van der Waals surface area contributed by atoms with Crippen LogP contribution in [-0.2, 0) is 0 Å². The molecule has 2 rings (SSSR count). The molecule has 0 unspecified atom stereocenters. The molecule has 1 saturated heterocycles. The Morgan fingerprint density at radius 3 is 2.79 bits per heavy atom.